The van der Waals surface area contributed by atoms with E-state index in [1.807, 2.05) is 31.2 Å². The molecule has 4 nitrogen and oxygen atoms in total. The van der Waals surface area contributed by atoms with Crippen LogP contribution < -0.4 is 5.56 Å². The Bertz CT molecular complexity index is 727. The third kappa shape index (κ3) is 3.16. The van der Waals surface area contributed by atoms with Gasteiger partial charge >= 0.3 is 0 Å². The fourth-order valence-corrected chi connectivity index (χ4v) is 2.64. The van der Waals surface area contributed by atoms with Crippen molar-refractivity contribution in [2.45, 2.75) is 45.1 Å². The molecule has 22 heavy (non-hydrogen) atoms. The number of aryl methyl sites for hydroxylation is 2. The number of carbonyl (C=O) groups is 1. The molecule has 3 rings (SSSR count). The first-order chi connectivity index (χ1) is 10.6. The Hall–Kier alpha value is -2.23. The molecule has 1 saturated carbocycles. The first kappa shape index (κ1) is 14.7. The minimum absolute atomic E-state index is 0.0509. The molecule has 1 aliphatic rings. The molecule has 0 amide bonds. The number of aromatic nitrogens is 2. The number of Topliss-reactive ketones (excluding diaryl/α,β-unsaturated/α-hetero) is 1. The van der Waals surface area contributed by atoms with Gasteiger partial charge in [-0.3, -0.25) is 14.2 Å². The highest BCUT2D eigenvalue weighted by Crippen LogP contribution is 2.34. The average molecular weight is 296 g/mol. The fraction of sp³-hybridized carbons (Fsp3) is 0.389. The van der Waals surface area contributed by atoms with Crippen LogP contribution in [0.5, 0.6) is 0 Å². The first-order valence-corrected chi connectivity index (χ1v) is 7.80. The summed E-state index contributed by atoms with van der Waals surface area (Å²) in [5.41, 5.74) is 2.66. The number of carbonyl (C=O) groups excluding carboxylic acids is 1. The predicted molar refractivity (Wildman–Crippen MR) is 85.2 cm³/mol. The van der Waals surface area contributed by atoms with Crippen LogP contribution in [0.4, 0.5) is 0 Å². The smallest absolute Gasteiger partial charge is 0.253 e. The molecular weight excluding hydrogens is 276 g/mol. The number of hydrogen-bond acceptors (Lipinski definition) is 3. The van der Waals surface area contributed by atoms with Crippen molar-refractivity contribution >= 4 is 5.78 Å². The van der Waals surface area contributed by atoms with Crippen LogP contribution in [0.1, 0.15) is 53.2 Å². The average Bonchev–Trinajstić information content (AvgIpc) is 2.45. The molecule has 0 saturated heterocycles. The Balaban J connectivity index is 1.64. The summed E-state index contributed by atoms with van der Waals surface area (Å²) >= 11 is 0. The highest BCUT2D eigenvalue weighted by atomic mass is 16.1. The lowest BCUT2D eigenvalue weighted by atomic mass is 9.83. The molecule has 114 valence electrons. The SMILES string of the molecule is Cc1ccc(C(=O)CCn2cnc(C3CCC3)cc2=O)cc1. The van der Waals surface area contributed by atoms with Gasteiger partial charge in [0.15, 0.2) is 5.78 Å². The van der Waals surface area contributed by atoms with Gasteiger partial charge in [-0.25, -0.2) is 4.98 Å². The van der Waals surface area contributed by atoms with Crippen molar-refractivity contribution in [2.75, 3.05) is 0 Å². The molecule has 0 unspecified atom stereocenters. The Morgan fingerprint density at radius 1 is 1.27 bits per heavy atom. The number of rotatable bonds is 5. The van der Waals surface area contributed by atoms with Crippen LogP contribution in [0.25, 0.3) is 0 Å². The topological polar surface area (TPSA) is 52.0 Å². The van der Waals surface area contributed by atoms with Crippen molar-refractivity contribution < 1.29 is 4.79 Å². The van der Waals surface area contributed by atoms with E-state index in [9.17, 15) is 9.59 Å². The molecule has 1 fully saturated rings. The number of benzene rings is 1. The van der Waals surface area contributed by atoms with Gasteiger partial charge in [-0.1, -0.05) is 36.2 Å². The van der Waals surface area contributed by atoms with Gasteiger partial charge in [0.1, 0.15) is 0 Å². The molecule has 0 spiro atoms. The standard InChI is InChI=1S/C18H20N2O2/c1-13-5-7-15(8-6-13)17(21)9-10-20-12-19-16(11-18(20)22)14-3-2-4-14/h5-8,11-12,14H,2-4,9-10H2,1H3. The highest BCUT2D eigenvalue weighted by molar-refractivity contribution is 5.96. The third-order valence-corrected chi connectivity index (χ3v) is 4.38. The summed E-state index contributed by atoms with van der Waals surface area (Å²) in [5, 5.41) is 0. The molecule has 1 aromatic carbocycles. The van der Waals surface area contributed by atoms with Crippen molar-refractivity contribution in [3.63, 3.8) is 0 Å². The molecule has 0 aliphatic heterocycles. The van der Waals surface area contributed by atoms with E-state index in [4.69, 9.17) is 0 Å². The Morgan fingerprint density at radius 3 is 2.59 bits per heavy atom. The van der Waals surface area contributed by atoms with Crippen LogP contribution >= 0.6 is 0 Å². The number of ketones is 1. The van der Waals surface area contributed by atoms with E-state index >= 15 is 0 Å². The minimum Gasteiger partial charge on any atom is -0.299 e. The van der Waals surface area contributed by atoms with Gasteiger partial charge in [-0.05, 0) is 19.8 Å². The van der Waals surface area contributed by atoms with Gasteiger partial charge in [0.05, 0.1) is 12.0 Å². The molecular formula is C18H20N2O2. The molecule has 1 aliphatic carbocycles. The molecule has 0 bridgehead atoms. The maximum atomic E-state index is 12.1. The van der Waals surface area contributed by atoms with Gasteiger partial charge in [-0.15, -0.1) is 0 Å². The Morgan fingerprint density at radius 2 is 2.00 bits per heavy atom. The zero-order valence-electron chi connectivity index (χ0n) is 12.8. The Kier molecular flexibility index (Phi) is 4.18. The number of hydrogen-bond donors (Lipinski definition) is 0. The molecule has 2 aromatic rings. The molecule has 0 atom stereocenters. The second-order valence-electron chi connectivity index (χ2n) is 6.01. The fourth-order valence-electron chi connectivity index (χ4n) is 2.64. The Labute approximate surface area is 129 Å². The molecule has 0 radical (unpaired) electrons. The normalized spacial score (nSPS) is 14.6. The van der Waals surface area contributed by atoms with Gasteiger partial charge in [-0.2, -0.15) is 0 Å². The van der Waals surface area contributed by atoms with Crippen molar-refractivity contribution in [1.29, 1.82) is 0 Å². The van der Waals surface area contributed by atoms with E-state index < -0.39 is 0 Å². The van der Waals surface area contributed by atoms with E-state index in [0.717, 1.165) is 24.1 Å². The second kappa shape index (κ2) is 6.26. The largest absolute Gasteiger partial charge is 0.299 e. The minimum atomic E-state index is -0.0615. The molecule has 0 N–H and O–H groups in total. The van der Waals surface area contributed by atoms with E-state index in [0.29, 0.717) is 24.4 Å². The summed E-state index contributed by atoms with van der Waals surface area (Å²) in [5.74, 6) is 0.506. The van der Waals surface area contributed by atoms with E-state index in [1.165, 1.54) is 11.0 Å². The summed E-state index contributed by atoms with van der Waals surface area (Å²) in [6, 6.07) is 9.14. The van der Waals surface area contributed by atoms with Gasteiger partial charge < -0.3 is 0 Å². The van der Waals surface area contributed by atoms with Crippen LogP contribution in [0.15, 0.2) is 41.5 Å². The highest BCUT2D eigenvalue weighted by Gasteiger charge is 2.21. The number of nitrogens with zero attached hydrogens (tertiary/aromatic N) is 2. The lowest BCUT2D eigenvalue weighted by molar-refractivity contribution is 0.0976. The molecule has 4 heteroatoms. The van der Waals surface area contributed by atoms with Crippen LogP contribution in [0, 0.1) is 6.92 Å². The summed E-state index contributed by atoms with van der Waals surface area (Å²) in [6.45, 7) is 2.37. The van der Waals surface area contributed by atoms with Crippen LogP contribution in [-0.2, 0) is 6.54 Å². The molecule has 1 heterocycles. The predicted octanol–water partition coefficient (Wildman–Crippen LogP) is 3.09. The summed E-state index contributed by atoms with van der Waals surface area (Å²) in [7, 11) is 0. The van der Waals surface area contributed by atoms with Gasteiger partial charge in [0, 0.05) is 30.5 Å². The summed E-state index contributed by atoms with van der Waals surface area (Å²) < 4.78 is 1.52. The van der Waals surface area contributed by atoms with Crippen LogP contribution in [0.3, 0.4) is 0 Å². The van der Waals surface area contributed by atoms with Crippen LogP contribution in [0.2, 0.25) is 0 Å². The maximum absolute atomic E-state index is 12.1. The van der Waals surface area contributed by atoms with E-state index in [1.54, 1.807) is 12.4 Å². The third-order valence-electron chi connectivity index (χ3n) is 4.38. The zero-order valence-corrected chi connectivity index (χ0v) is 12.8. The zero-order chi connectivity index (χ0) is 15.5. The lowest BCUT2D eigenvalue weighted by Gasteiger charge is -2.24. The second-order valence-corrected chi connectivity index (χ2v) is 6.01. The van der Waals surface area contributed by atoms with Gasteiger partial charge in [0.2, 0.25) is 0 Å². The quantitative estimate of drug-likeness (QED) is 0.797. The van der Waals surface area contributed by atoms with E-state index in [2.05, 4.69) is 4.98 Å². The van der Waals surface area contributed by atoms with E-state index in [-0.39, 0.29) is 11.3 Å². The summed E-state index contributed by atoms with van der Waals surface area (Å²) in [4.78, 5) is 28.6. The molecule has 1 aromatic heterocycles. The van der Waals surface area contributed by atoms with Gasteiger partial charge in [0.25, 0.3) is 5.56 Å². The van der Waals surface area contributed by atoms with Crippen molar-refractivity contribution in [1.82, 2.24) is 9.55 Å². The summed E-state index contributed by atoms with van der Waals surface area (Å²) in [6.07, 6.45) is 5.37. The van der Waals surface area contributed by atoms with Crippen molar-refractivity contribution in [3.8, 4) is 0 Å². The van der Waals surface area contributed by atoms with Crippen molar-refractivity contribution in [2.24, 2.45) is 0 Å². The van der Waals surface area contributed by atoms with Crippen LogP contribution in [-0.4, -0.2) is 15.3 Å². The monoisotopic (exact) mass is 296 g/mol. The maximum Gasteiger partial charge on any atom is 0.253 e. The lowest BCUT2D eigenvalue weighted by Crippen LogP contribution is -2.24. The first-order valence-electron chi connectivity index (χ1n) is 7.80. The van der Waals surface area contributed by atoms with Crippen molar-refractivity contribution in [3.05, 3.63) is 63.8 Å².